The second kappa shape index (κ2) is 28.2. The molecular formula is C24H52N2O7S. The average molecular weight is 513 g/mol. The van der Waals surface area contributed by atoms with Crippen molar-refractivity contribution in [2.75, 3.05) is 79.1 Å². The Morgan fingerprint density at radius 1 is 0.824 bits per heavy atom. The molecule has 0 spiro atoms. The van der Waals surface area contributed by atoms with Crippen LogP contribution in [0.1, 0.15) is 61.7 Å². The van der Waals surface area contributed by atoms with Crippen molar-refractivity contribution in [1.29, 1.82) is 0 Å². The van der Waals surface area contributed by atoms with Crippen LogP contribution in [-0.2, 0) is 28.5 Å². The zero-order valence-corrected chi connectivity index (χ0v) is 23.0. The predicted molar refractivity (Wildman–Crippen MR) is 141 cm³/mol. The molecule has 1 N–H and O–H groups in total. The van der Waals surface area contributed by atoms with Gasteiger partial charge in [0, 0.05) is 32.7 Å². The van der Waals surface area contributed by atoms with E-state index in [1.165, 1.54) is 6.42 Å². The lowest BCUT2D eigenvalue weighted by Gasteiger charge is -2.28. The Morgan fingerprint density at radius 3 is 1.68 bits per heavy atom. The molecule has 0 unspecified atom stereocenters. The summed E-state index contributed by atoms with van der Waals surface area (Å²) in [5, 5.41) is 3.11. The van der Waals surface area contributed by atoms with Gasteiger partial charge in [0.05, 0.1) is 52.9 Å². The van der Waals surface area contributed by atoms with Gasteiger partial charge in [0.25, 0.3) is 0 Å². The van der Waals surface area contributed by atoms with Gasteiger partial charge in [-0.05, 0) is 12.8 Å². The number of ether oxygens (including phenoxy) is 5. The van der Waals surface area contributed by atoms with Crippen LogP contribution >= 0.6 is 12.6 Å². The first-order valence-electron chi connectivity index (χ1n) is 12.7. The van der Waals surface area contributed by atoms with Crippen LogP contribution in [0.5, 0.6) is 0 Å². The number of hydrogen-bond donors (Lipinski definition) is 2. The van der Waals surface area contributed by atoms with E-state index in [9.17, 15) is 9.59 Å². The molecule has 1 aliphatic heterocycles. The first-order valence-corrected chi connectivity index (χ1v) is 13.2. The van der Waals surface area contributed by atoms with Gasteiger partial charge in [0.1, 0.15) is 6.61 Å². The van der Waals surface area contributed by atoms with Crippen LogP contribution in [0.3, 0.4) is 0 Å². The Labute approximate surface area is 214 Å². The molecule has 0 atom stereocenters. The number of likely N-dealkylation sites (tertiary alicyclic amines) is 1. The summed E-state index contributed by atoms with van der Waals surface area (Å²) in [6.45, 7) is 15.9. The second-order valence-corrected chi connectivity index (χ2v) is 7.92. The van der Waals surface area contributed by atoms with Gasteiger partial charge in [-0.3, -0.25) is 4.79 Å². The molecule has 1 aliphatic rings. The molecule has 34 heavy (non-hydrogen) atoms. The predicted octanol–water partition coefficient (Wildman–Crippen LogP) is 3.80. The molecule has 0 aromatic rings. The molecule has 1 fully saturated rings. The summed E-state index contributed by atoms with van der Waals surface area (Å²) in [5.41, 5.74) is 0. The summed E-state index contributed by atoms with van der Waals surface area (Å²) in [6, 6.07) is 0. The molecule has 1 heterocycles. The number of carbonyl (C=O) groups is 2. The zero-order valence-electron chi connectivity index (χ0n) is 22.1. The van der Waals surface area contributed by atoms with E-state index in [0.29, 0.717) is 84.2 Å². The maximum Gasteiger partial charge on any atom is 0.409 e. The van der Waals surface area contributed by atoms with Crippen molar-refractivity contribution in [3.05, 3.63) is 0 Å². The quantitative estimate of drug-likeness (QED) is 0.240. The van der Waals surface area contributed by atoms with E-state index in [0.717, 1.165) is 12.8 Å². The number of hydrogen-bond acceptors (Lipinski definition) is 8. The number of thiol groups is 1. The summed E-state index contributed by atoms with van der Waals surface area (Å²) >= 11 is 4.41. The van der Waals surface area contributed by atoms with Crippen LogP contribution in [0, 0.1) is 0 Å². The average Bonchev–Trinajstić information content (AvgIpc) is 2.85. The molecule has 10 heteroatoms. The highest BCUT2D eigenvalue weighted by Crippen LogP contribution is 2.15. The largest absolute Gasteiger partial charge is 0.447 e. The van der Waals surface area contributed by atoms with Crippen molar-refractivity contribution in [3.63, 3.8) is 0 Å². The second-order valence-electron chi connectivity index (χ2n) is 7.19. The summed E-state index contributed by atoms with van der Waals surface area (Å²) < 4.78 is 26.6. The van der Waals surface area contributed by atoms with E-state index in [1.54, 1.807) is 4.90 Å². The highest BCUT2D eigenvalue weighted by molar-refractivity contribution is 7.80. The van der Waals surface area contributed by atoms with E-state index < -0.39 is 0 Å². The molecule has 0 radical (unpaired) electrons. The summed E-state index contributed by atoms with van der Waals surface area (Å²) in [4.78, 5) is 24.6. The Kier molecular flexibility index (Phi) is 29.1. The van der Waals surface area contributed by atoms with Gasteiger partial charge in [-0.25, -0.2) is 4.79 Å². The topological polar surface area (TPSA) is 95.6 Å². The minimum absolute atomic E-state index is 0. The third kappa shape index (κ3) is 24.1. The molecule has 1 saturated heterocycles. The monoisotopic (exact) mass is 512 g/mol. The van der Waals surface area contributed by atoms with Crippen molar-refractivity contribution in [1.82, 2.24) is 10.2 Å². The molecule has 0 aliphatic carbocycles. The number of nitrogens with one attached hydrogen (secondary N) is 1. The minimum atomic E-state index is -0.281. The number of nitrogens with zero attached hydrogens (tertiary/aromatic N) is 1. The molecule has 0 aromatic heterocycles. The maximum atomic E-state index is 11.8. The van der Waals surface area contributed by atoms with Crippen LogP contribution in [-0.4, -0.2) is 101 Å². The van der Waals surface area contributed by atoms with Gasteiger partial charge in [0.15, 0.2) is 0 Å². The van der Waals surface area contributed by atoms with Gasteiger partial charge in [-0.15, -0.1) is 0 Å². The smallest absolute Gasteiger partial charge is 0.409 e. The van der Waals surface area contributed by atoms with E-state index in [-0.39, 0.29) is 20.0 Å². The lowest BCUT2D eigenvalue weighted by Crippen LogP contribution is -2.39. The van der Waals surface area contributed by atoms with E-state index in [1.807, 2.05) is 20.8 Å². The van der Waals surface area contributed by atoms with Crippen LogP contribution in [0.2, 0.25) is 0 Å². The highest BCUT2D eigenvalue weighted by atomic mass is 32.1. The molecule has 1 rings (SSSR count). The lowest BCUT2D eigenvalue weighted by molar-refractivity contribution is -0.121. The van der Waals surface area contributed by atoms with Crippen LogP contribution in [0.4, 0.5) is 4.79 Å². The Balaban J connectivity index is -0.00000158. The Hall–Kier alpha value is -1.07. The molecule has 0 aromatic carbocycles. The van der Waals surface area contributed by atoms with E-state index >= 15 is 0 Å². The molecule has 0 saturated carbocycles. The number of rotatable bonds is 16. The summed E-state index contributed by atoms with van der Waals surface area (Å²) in [6.07, 6.45) is 3.26. The molecule has 206 valence electrons. The highest BCUT2D eigenvalue weighted by Gasteiger charge is 2.21. The number of amides is 2. The standard InChI is InChI=1S/C19H36N2O7S.C3H8.C2H6.H2/c1-2-18(22)20-5-8-24-9-10-25-11-12-26-13-14-27-15-16-28-19(23)21-6-3-17(29)4-7-21;1-3-2;1-2;/h17,29H,2-16H2,1H3,(H,20,22);3H2,1-2H3;1-2H3;1H. The SMILES string of the molecule is CC.CCC.CCC(=O)NCCOCCOCCOCCOCCOC(=O)N1CCC(S)CC1.[HH]. The van der Waals surface area contributed by atoms with Gasteiger partial charge >= 0.3 is 6.09 Å². The first-order chi connectivity index (χ1) is 16.5. The lowest BCUT2D eigenvalue weighted by atomic mass is 10.1. The Bertz CT molecular complexity index is 458. The van der Waals surface area contributed by atoms with Crippen molar-refractivity contribution in [2.45, 2.75) is 65.6 Å². The zero-order chi connectivity index (χ0) is 25.9. The van der Waals surface area contributed by atoms with Gasteiger partial charge in [-0.2, -0.15) is 12.6 Å². The Morgan fingerprint density at radius 2 is 1.24 bits per heavy atom. The fourth-order valence-corrected chi connectivity index (χ4v) is 2.71. The summed E-state index contributed by atoms with van der Waals surface area (Å²) in [5.74, 6) is 0.0247. The van der Waals surface area contributed by atoms with Crippen LogP contribution < -0.4 is 5.32 Å². The van der Waals surface area contributed by atoms with Crippen molar-refractivity contribution in [2.24, 2.45) is 0 Å². The van der Waals surface area contributed by atoms with Crippen molar-refractivity contribution >= 4 is 24.6 Å². The molecule has 2 amide bonds. The molecule has 0 bridgehead atoms. The fourth-order valence-electron chi connectivity index (χ4n) is 2.48. The minimum Gasteiger partial charge on any atom is -0.447 e. The van der Waals surface area contributed by atoms with Crippen molar-refractivity contribution < 1.29 is 34.7 Å². The van der Waals surface area contributed by atoms with Gasteiger partial charge < -0.3 is 33.9 Å². The van der Waals surface area contributed by atoms with E-state index in [2.05, 4.69) is 31.8 Å². The maximum absolute atomic E-state index is 11.8. The first kappa shape index (κ1) is 35.1. The molecular weight excluding hydrogens is 460 g/mol. The van der Waals surface area contributed by atoms with Crippen LogP contribution in [0.25, 0.3) is 0 Å². The molecule has 9 nitrogen and oxygen atoms in total. The third-order valence-electron chi connectivity index (χ3n) is 4.18. The van der Waals surface area contributed by atoms with Gasteiger partial charge in [-0.1, -0.05) is 41.0 Å². The fraction of sp³-hybridized carbons (Fsp3) is 0.917. The van der Waals surface area contributed by atoms with Crippen molar-refractivity contribution in [3.8, 4) is 0 Å². The van der Waals surface area contributed by atoms with Gasteiger partial charge in [0.2, 0.25) is 5.91 Å². The summed E-state index contributed by atoms with van der Waals surface area (Å²) in [7, 11) is 0. The number of carbonyl (C=O) groups excluding carboxylic acids is 2. The third-order valence-corrected chi connectivity index (χ3v) is 4.70. The van der Waals surface area contributed by atoms with Crippen LogP contribution in [0.15, 0.2) is 0 Å². The van der Waals surface area contributed by atoms with E-state index in [4.69, 9.17) is 23.7 Å². The number of piperidine rings is 1. The normalized spacial score (nSPS) is 13.3.